The summed E-state index contributed by atoms with van der Waals surface area (Å²) >= 11 is 3.09. The first-order valence-corrected chi connectivity index (χ1v) is 6.31. The van der Waals surface area contributed by atoms with Crippen molar-refractivity contribution in [2.24, 2.45) is 0 Å². The average Bonchev–Trinajstić information content (AvgIpc) is 2.35. The van der Waals surface area contributed by atoms with E-state index in [9.17, 15) is 14.5 Å². The number of nitro groups is 1. The minimum absolute atomic E-state index is 0.199. The zero-order valence-electron chi connectivity index (χ0n) is 10.4. The van der Waals surface area contributed by atoms with Crippen molar-refractivity contribution in [2.45, 2.75) is 6.92 Å². The lowest BCUT2D eigenvalue weighted by molar-refractivity contribution is -0.384. The van der Waals surface area contributed by atoms with E-state index >= 15 is 0 Å². The molecule has 1 aromatic heterocycles. The molecule has 6 nitrogen and oxygen atoms in total. The third kappa shape index (κ3) is 2.85. The second-order valence-electron chi connectivity index (χ2n) is 4.06. The maximum absolute atomic E-state index is 13.5. The van der Waals surface area contributed by atoms with Gasteiger partial charge in [0.15, 0.2) is 0 Å². The van der Waals surface area contributed by atoms with Gasteiger partial charge in [0, 0.05) is 11.8 Å². The van der Waals surface area contributed by atoms with Crippen molar-refractivity contribution in [3.05, 3.63) is 50.2 Å². The Kier molecular flexibility index (Phi) is 3.84. The predicted molar refractivity (Wildman–Crippen MR) is 77.4 cm³/mol. The van der Waals surface area contributed by atoms with Crippen molar-refractivity contribution in [1.82, 2.24) is 4.98 Å². The molecule has 0 spiro atoms. The molecule has 3 N–H and O–H groups in total. The van der Waals surface area contributed by atoms with Crippen LogP contribution in [0.4, 0.5) is 27.4 Å². The molecule has 0 bridgehead atoms. The van der Waals surface area contributed by atoms with Crippen LogP contribution in [-0.4, -0.2) is 9.91 Å². The number of benzene rings is 1. The minimum atomic E-state index is -0.614. The number of nitrogens with one attached hydrogen (secondary N) is 1. The van der Waals surface area contributed by atoms with E-state index in [1.54, 1.807) is 13.0 Å². The van der Waals surface area contributed by atoms with E-state index < -0.39 is 10.7 Å². The molecule has 2 rings (SSSR count). The van der Waals surface area contributed by atoms with E-state index in [2.05, 4.69) is 26.2 Å². The van der Waals surface area contributed by atoms with E-state index in [1.807, 2.05) is 0 Å². The van der Waals surface area contributed by atoms with E-state index in [0.29, 0.717) is 16.0 Å². The number of nitrogen functional groups attached to an aromatic ring is 1. The molecule has 20 heavy (non-hydrogen) atoms. The quantitative estimate of drug-likeness (QED) is 0.658. The van der Waals surface area contributed by atoms with Crippen LogP contribution in [-0.2, 0) is 0 Å². The highest BCUT2D eigenvalue weighted by Gasteiger charge is 2.13. The molecule has 0 amide bonds. The monoisotopic (exact) mass is 340 g/mol. The van der Waals surface area contributed by atoms with Crippen LogP contribution in [0.15, 0.2) is 28.7 Å². The van der Waals surface area contributed by atoms with Crippen molar-refractivity contribution in [2.75, 3.05) is 11.1 Å². The van der Waals surface area contributed by atoms with Gasteiger partial charge in [-0.1, -0.05) is 0 Å². The maximum atomic E-state index is 13.5. The Hall–Kier alpha value is -2.22. The van der Waals surface area contributed by atoms with E-state index in [0.717, 1.165) is 5.56 Å². The summed E-state index contributed by atoms with van der Waals surface area (Å²) in [5, 5.41) is 13.5. The lowest BCUT2D eigenvalue weighted by Gasteiger charge is -2.10. The highest BCUT2D eigenvalue weighted by Crippen LogP contribution is 2.27. The van der Waals surface area contributed by atoms with Gasteiger partial charge in [-0.05, 0) is 46.6 Å². The number of anilines is 3. The number of hydrogen-bond acceptors (Lipinski definition) is 5. The first kappa shape index (κ1) is 14.2. The number of aromatic nitrogens is 1. The number of nitrogens with two attached hydrogens (primary N) is 1. The van der Waals surface area contributed by atoms with Crippen LogP contribution in [0.25, 0.3) is 0 Å². The van der Waals surface area contributed by atoms with Gasteiger partial charge in [-0.25, -0.2) is 9.37 Å². The molecule has 2 aromatic rings. The number of hydrogen-bond donors (Lipinski definition) is 2. The van der Waals surface area contributed by atoms with Crippen molar-refractivity contribution < 1.29 is 9.31 Å². The number of aryl methyl sites for hydroxylation is 1. The SMILES string of the molecule is Cc1cc(Br)c(F)cc1Nc1ccc([N+](=O)[O-])c(N)n1. The van der Waals surface area contributed by atoms with E-state index in [-0.39, 0.29) is 11.5 Å². The fourth-order valence-corrected chi connectivity index (χ4v) is 2.07. The largest absolute Gasteiger partial charge is 0.378 e. The lowest BCUT2D eigenvalue weighted by atomic mass is 10.2. The average molecular weight is 341 g/mol. The van der Waals surface area contributed by atoms with Crippen LogP contribution < -0.4 is 11.1 Å². The molecule has 0 saturated carbocycles. The summed E-state index contributed by atoms with van der Waals surface area (Å²) in [7, 11) is 0. The highest BCUT2D eigenvalue weighted by molar-refractivity contribution is 9.10. The minimum Gasteiger partial charge on any atom is -0.378 e. The van der Waals surface area contributed by atoms with Gasteiger partial charge < -0.3 is 11.1 Å². The predicted octanol–water partition coefficient (Wildman–Crippen LogP) is 3.53. The number of halogens is 2. The summed E-state index contributed by atoms with van der Waals surface area (Å²) in [5.74, 6) is -0.318. The Morgan fingerprint density at radius 3 is 2.75 bits per heavy atom. The molecule has 0 atom stereocenters. The maximum Gasteiger partial charge on any atom is 0.311 e. The molecular weight excluding hydrogens is 331 g/mol. The Morgan fingerprint density at radius 1 is 1.45 bits per heavy atom. The topological polar surface area (TPSA) is 94.1 Å². The molecule has 0 aliphatic rings. The molecule has 8 heteroatoms. The van der Waals surface area contributed by atoms with Gasteiger partial charge in [-0.3, -0.25) is 10.1 Å². The summed E-state index contributed by atoms with van der Waals surface area (Å²) in [6.45, 7) is 1.79. The smallest absolute Gasteiger partial charge is 0.311 e. The van der Waals surface area contributed by atoms with Crippen LogP contribution in [0.5, 0.6) is 0 Å². The summed E-state index contributed by atoms with van der Waals surface area (Å²) in [4.78, 5) is 13.9. The highest BCUT2D eigenvalue weighted by atomic mass is 79.9. The Bertz CT molecular complexity index is 693. The van der Waals surface area contributed by atoms with Crippen LogP contribution in [0.1, 0.15) is 5.56 Å². The fraction of sp³-hybridized carbons (Fsp3) is 0.0833. The standard InChI is InChI=1S/C12H10BrFN4O2/c1-6-4-7(13)8(14)5-9(6)16-11-3-2-10(18(19)20)12(15)17-11/h2-5H,1H3,(H3,15,16,17). The third-order valence-corrected chi connectivity index (χ3v) is 3.24. The molecule has 1 aromatic carbocycles. The van der Waals surface area contributed by atoms with Crippen LogP contribution in [0, 0.1) is 22.9 Å². The summed E-state index contributed by atoms with van der Waals surface area (Å²) in [5.41, 5.74) is 6.52. The Morgan fingerprint density at radius 2 is 2.15 bits per heavy atom. The van der Waals surface area contributed by atoms with Crippen molar-refractivity contribution >= 4 is 38.9 Å². The zero-order chi connectivity index (χ0) is 14.9. The van der Waals surface area contributed by atoms with Crippen molar-refractivity contribution in [3.8, 4) is 0 Å². The molecule has 1 heterocycles. The first-order chi connectivity index (χ1) is 9.38. The van der Waals surface area contributed by atoms with Gasteiger partial charge in [0.05, 0.1) is 9.40 Å². The molecule has 0 radical (unpaired) electrons. The van der Waals surface area contributed by atoms with Gasteiger partial charge in [0.1, 0.15) is 11.6 Å². The molecule has 0 saturated heterocycles. The number of rotatable bonds is 3. The van der Waals surface area contributed by atoms with Gasteiger partial charge in [-0.2, -0.15) is 0 Å². The van der Waals surface area contributed by atoms with Gasteiger partial charge in [0.25, 0.3) is 0 Å². The number of nitrogens with zero attached hydrogens (tertiary/aromatic N) is 2. The van der Waals surface area contributed by atoms with Crippen LogP contribution in [0.2, 0.25) is 0 Å². The third-order valence-electron chi connectivity index (χ3n) is 2.63. The van der Waals surface area contributed by atoms with Gasteiger partial charge in [-0.15, -0.1) is 0 Å². The molecule has 0 aliphatic heterocycles. The number of pyridine rings is 1. The normalized spacial score (nSPS) is 10.3. The van der Waals surface area contributed by atoms with E-state index in [4.69, 9.17) is 5.73 Å². The van der Waals surface area contributed by atoms with Crippen molar-refractivity contribution in [1.29, 1.82) is 0 Å². The fourth-order valence-electron chi connectivity index (χ4n) is 1.61. The van der Waals surface area contributed by atoms with E-state index in [1.165, 1.54) is 18.2 Å². The second kappa shape index (κ2) is 5.41. The van der Waals surface area contributed by atoms with Crippen molar-refractivity contribution in [3.63, 3.8) is 0 Å². The summed E-state index contributed by atoms with van der Waals surface area (Å²) in [6.07, 6.45) is 0. The van der Waals surface area contributed by atoms with Crippen LogP contribution in [0.3, 0.4) is 0 Å². The summed E-state index contributed by atoms with van der Waals surface area (Å²) in [6, 6.07) is 5.58. The first-order valence-electron chi connectivity index (χ1n) is 5.52. The lowest BCUT2D eigenvalue weighted by Crippen LogP contribution is -2.02. The molecule has 104 valence electrons. The molecule has 0 fully saturated rings. The summed E-state index contributed by atoms with van der Waals surface area (Å²) < 4.78 is 13.8. The van der Waals surface area contributed by atoms with Gasteiger partial charge >= 0.3 is 5.69 Å². The molecule has 0 unspecified atom stereocenters. The van der Waals surface area contributed by atoms with Crippen LogP contribution >= 0.6 is 15.9 Å². The van der Waals surface area contributed by atoms with Gasteiger partial charge in [0.2, 0.25) is 5.82 Å². The molecule has 0 aliphatic carbocycles. The Balaban J connectivity index is 2.33. The Labute approximate surface area is 122 Å². The molecular formula is C12H10BrFN4O2. The second-order valence-corrected chi connectivity index (χ2v) is 4.92. The zero-order valence-corrected chi connectivity index (χ0v) is 11.9.